The minimum atomic E-state index is -7.29. The average molecular weight is 404 g/mol. The maximum atomic E-state index is 13.3. The molecule has 0 unspecified atom stereocenters. The minimum Gasteiger partial charge on any atom is -0.216 e. The van der Waals surface area contributed by atoms with Crippen molar-refractivity contribution in [1.29, 1.82) is 0 Å². The molecule has 3 nitrogen and oxygen atoms in total. The average Bonchev–Trinajstić information content (AvgIpc) is 2.24. The second-order valence-electron chi connectivity index (χ2n) is 4.83. The highest BCUT2D eigenvalue weighted by Gasteiger charge is 2.86. The van der Waals surface area contributed by atoms with E-state index in [2.05, 4.69) is 3.63 Å². The molecule has 0 saturated carbocycles. The number of halogens is 9. The summed E-state index contributed by atoms with van der Waals surface area (Å²) in [5.74, 6) is -14.7. The standard InChI is InChI=1S/C9H13F9O3S2/c1-4-5-22(2,3)21-23(19,20)9(17,18)7(12,13)6(10,11)8(14,15)16/h4-5H2,1-3H3. The first-order chi connectivity index (χ1) is 9.77. The summed E-state index contributed by atoms with van der Waals surface area (Å²) in [6, 6.07) is 0. The third-order valence-corrected chi connectivity index (χ3v) is 6.87. The molecule has 0 amide bonds. The Morgan fingerprint density at radius 2 is 1.22 bits per heavy atom. The number of alkyl halides is 9. The van der Waals surface area contributed by atoms with Gasteiger partial charge in [0.2, 0.25) is 0 Å². The monoisotopic (exact) mass is 404 g/mol. The molecule has 0 fully saturated rings. The third kappa shape index (κ3) is 4.00. The van der Waals surface area contributed by atoms with Crippen molar-refractivity contribution < 1.29 is 51.6 Å². The first kappa shape index (κ1) is 22.6. The summed E-state index contributed by atoms with van der Waals surface area (Å²) in [6.07, 6.45) is -5.03. The fourth-order valence-electron chi connectivity index (χ4n) is 1.33. The molecule has 0 N–H and O–H groups in total. The van der Waals surface area contributed by atoms with Gasteiger partial charge in [0.05, 0.1) is 0 Å². The molecule has 0 aliphatic carbocycles. The van der Waals surface area contributed by atoms with E-state index < -0.39 is 43.7 Å². The highest BCUT2D eigenvalue weighted by Crippen LogP contribution is 2.57. The summed E-state index contributed by atoms with van der Waals surface area (Å²) in [5.41, 5.74) is 0. The lowest BCUT2D eigenvalue weighted by atomic mass is 10.1. The molecule has 0 aliphatic heterocycles. The zero-order valence-corrected chi connectivity index (χ0v) is 13.5. The van der Waals surface area contributed by atoms with E-state index in [1.165, 1.54) is 6.92 Å². The van der Waals surface area contributed by atoms with Gasteiger partial charge in [0.25, 0.3) is 0 Å². The van der Waals surface area contributed by atoms with E-state index in [4.69, 9.17) is 0 Å². The maximum absolute atomic E-state index is 13.3. The van der Waals surface area contributed by atoms with Crippen molar-refractivity contribution in [1.82, 2.24) is 0 Å². The summed E-state index contributed by atoms with van der Waals surface area (Å²) in [6.45, 7) is 1.45. The molecule has 23 heavy (non-hydrogen) atoms. The van der Waals surface area contributed by atoms with Crippen molar-refractivity contribution >= 4 is 20.4 Å². The van der Waals surface area contributed by atoms with Crippen molar-refractivity contribution in [2.45, 2.75) is 36.6 Å². The molecular weight excluding hydrogens is 391 g/mol. The molecule has 0 aromatic carbocycles. The van der Waals surface area contributed by atoms with Crippen molar-refractivity contribution in [3.05, 3.63) is 0 Å². The minimum absolute atomic E-state index is 0.165. The SMILES string of the molecule is CCCS(C)(C)OS(=O)(=O)C(F)(F)C(F)(F)C(F)(F)C(F)(F)F. The molecule has 142 valence electrons. The zero-order chi connectivity index (χ0) is 19.1. The lowest BCUT2D eigenvalue weighted by molar-refractivity contribution is -0.382. The molecule has 0 atom stereocenters. The maximum Gasteiger partial charge on any atom is 0.460 e. The Morgan fingerprint density at radius 3 is 1.52 bits per heavy atom. The van der Waals surface area contributed by atoms with Crippen molar-refractivity contribution in [2.75, 3.05) is 18.3 Å². The molecule has 0 bridgehead atoms. The Balaban J connectivity index is 5.96. The van der Waals surface area contributed by atoms with E-state index in [1.807, 2.05) is 0 Å². The summed E-state index contributed by atoms with van der Waals surface area (Å²) in [4.78, 5) is 0. The van der Waals surface area contributed by atoms with Gasteiger partial charge in [0.1, 0.15) is 0 Å². The summed E-state index contributed by atoms with van der Waals surface area (Å²) < 4.78 is 140. The van der Waals surface area contributed by atoms with Gasteiger partial charge in [-0.1, -0.05) is 6.92 Å². The predicted molar refractivity (Wildman–Crippen MR) is 65.5 cm³/mol. The van der Waals surface area contributed by atoms with E-state index in [1.54, 1.807) is 0 Å². The second-order valence-corrected chi connectivity index (χ2v) is 10.1. The van der Waals surface area contributed by atoms with Gasteiger partial charge in [0, 0.05) is 0 Å². The second kappa shape index (κ2) is 6.17. The van der Waals surface area contributed by atoms with Gasteiger partial charge in [-0.2, -0.15) is 47.9 Å². The van der Waals surface area contributed by atoms with Crippen LogP contribution in [0, 0.1) is 0 Å². The van der Waals surface area contributed by atoms with Crippen LogP contribution >= 0.6 is 10.3 Å². The van der Waals surface area contributed by atoms with E-state index in [0.717, 1.165) is 12.5 Å². The van der Waals surface area contributed by atoms with Gasteiger partial charge >= 0.3 is 33.4 Å². The van der Waals surface area contributed by atoms with E-state index in [9.17, 15) is 47.9 Å². The zero-order valence-electron chi connectivity index (χ0n) is 11.9. The van der Waals surface area contributed by atoms with Crippen LogP contribution in [0.5, 0.6) is 0 Å². The fraction of sp³-hybridized carbons (Fsp3) is 1.00. The van der Waals surface area contributed by atoms with Gasteiger partial charge in [-0.05, 0) is 24.7 Å². The molecule has 14 heteroatoms. The van der Waals surface area contributed by atoms with Crippen molar-refractivity contribution in [3.8, 4) is 0 Å². The lowest BCUT2D eigenvalue weighted by Gasteiger charge is -2.36. The molecule has 0 rings (SSSR count). The number of rotatable bonds is 7. The van der Waals surface area contributed by atoms with Crippen LogP contribution in [0.15, 0.2) is 0 Å². The molecule has 0 aromatic rings. The quantitative estimate of drug-likeness (QED) is 0.599. The van der Waals surface area contributed by atoms with Gasteiger partial charge in [0.15, 0.2) is 0 Å². The Morgan fingerprint density at radius 1 is 0.826 bits per heavy atom. The van der Waals surface area contributed by atoms with Crippen LogP contribution in [0.1, 0.15) is 13.3 Å². The highest BCUT2D eigenvalue weighted by atomic mass is 32.3. The summed E-state index contributed by atoms with van der Waals surface area (Å²) in [7, 11) is -9.71. The molecule has 0 aliphatic rings. The van der Waals surface area contributed by atoms with Crippen LogP contribution in [-0.4, -0.2) is 50.0 Å². The van der Waals surface area contributed by atoms with Gasteiger partial charge < -0.3 is 0 Å². The summed E-state index contributed by atoms with van der Waals surface area (Å²) in [5, 5.41) is -6.79. The third-order valence-electron chi connectivity index (χ3n) is 2.40. The lowest BCUT2D eigenvalue weighted by Crippen LogP contribution is -2.63. The van der Waals surface area contributed by atoms with Crippen LogP contribution in [0.2, 0.25) is 0 Å². The van der Waals surface area contributed by atoms with Crippen LogP contribution in [0.3, 0.4) is 0 Å². The van der Waals surface area contributed by atoms with Crippen LogP contribution in [-0.2, 0) is 13.7 Å². The largest absolute Gasteiger partial charge is 0.460 e. The first-order valence-corrected chi connectivity index (χ1v) is 9.59. The normalized spacial score (nSPS) is 16.5. The Hall–Kier alpha value is -0.370. The number of hydrogen-bond acceptors (Lipinski definition) is 3. The first-order valence-electron chi connectivity index (χ1n) is 5.63. The summed E-state index contributed by atoms with van der Waals surface area (Å²) >= 11 is 0. The Labute approximate surface area is 127 Å². The van der Waals surface area contributed by atoms with E-state index >= 15 is 0 Å². The van der Waals surface area contributed by atoms with Crippen LogP contribution < -0.4 is 0 Å². The van der Waals surface area contributed by atoms with Crippen LogP contribution in [0.4, 0.5) is 39.5 Å². The van der Waals surface area contributed by atoms with Gasteiger partial charge in [-0.15, -0.1) is 10.3 Å². The predicted octanol–water partition coefficient (Wildman–Crippen LogP) is 4.15. The van der Waals surface area contributed by atoms with Gasteiger partial charge in [-0.25, -0.2) is 3.63 Å². The molecule has 0 heterocycles. The Kier molecular flexibility index (Phi) is 6.07. The molecule has 0 radical (unpaired) electrons. The Bertz CT molecular complexity index is 525. The topological polar surface area (TPSA) is 43.4 Å². The number of hydrogen-bond donors (Lipinski definition) is 0. The highest BCUT2D eigenvalue weighted by molar-refractivity contribution is 8.32. The van der Waals surface area contributed by atoms with Crippen LogP contribution in [0.25, 0.3) is 0 Å². The molecule has 0 spiro atoms. The molecule has 0 aromatic heterocycles. The van der Waals surface area contributed by atoms with Gasteiger partial charge in [-0.3, -0.25) is 0 Å². The smallest absolute Gasteiger partial charge is 0.216 e. The molecule has 0 saturated heterocycles. The molecular formula is C9H13F9O3S2. The fourth-order valence-corrected chi connectivity index (χ4v) is 5.31. The van der Waals surface area contributed by atoms with Crippen molar-refractivity contribution in [3.63, 3.8) is 0 Å². The van der Waals surface area contributed by atoms with Crippen molar-refractivity contribution in [2.24, 2.45) is 0 Å². The van der Waals surface area contributed by atoms with E-state index in [-0.39, 0.29) is 12.2 Å². The van der Waals surface area contributed by atoms with E-state index in [0.29, 0.717) is 0 Å².